The van der Waals surface area contributed by atoms with Gasteiger partial charge in [0.1, 0.15) is 11.4 Å². The molecule has 1 aliphatic rings. The van der Waals surface area contributed by atoms with Crippen molar-refractivity contribution in [3.05, 3.63) is 63.4 Å². The van der Waals surface area contributed by atoms with Gasteiger partial charge in [-0.3, -0.25) is 4.79 Å². The fourth-order valence-electron chi connectivity index (χ4n) is 4.09. The van der Waals surface area contributed by atoms with Gasteiger partial charge in [-0.15, -0.1) is 0 Å². The van der Waals surface area contributed by atoms with E-state index in [0.29, 0.717) is 39.2 Å². The van der Waals surface area contributed by atoms with Crippen molar-refractivity contribution in [2.45, 2.75) is 45.2 Å². The van der Waals surface area contributed by atoms with Gasteiger partial charge in [0.2, 0.25) is 0 Å². The molecule has 1 fully saturated rings. The molecule has 5 rings (SSSR count). The van der Waals surface area contributed by atoms with E-state index in [1.165, 1.54) is 0 Å². The predicted octanol–water partition coefficient (Wildman–Crippen LogP) is 4.89. The molecule has 0 saturated heterocycles. The molecule has 3 N–H and O–H groups in total. The highest BCUT2D eigenvalue weighted by atomic mass is 35.5. The van der Waals surface area contributed by atoms with Gasteiger partial charge in [-0.05, 0) is 49.8 Å². The number of nitrogens with two attached hydrogens (primary N) is 1. The fourth-order valence-corrected chi connectivity index (χ4v) is 4.35. The first kappa shape index (κ1) is 20.5. The molecule has 1 aliphatic carbocycles. The third kappa shape index (κ3) is 3.50. The zero-order valence-corrected chi connectivity index (χ0v) is 18.6. The number of nitrogens with one attached hydrogen (secondary N) is 1. The Hall–Kier alpha value is -3.39. The van der Waals surface area contributed by atoms with Crippen molar-refractivity contribution >= 4 is 33.9 Å². The summed E-state index contributed by atoms with van der Waals surface area (Å²) in [4.78, 5) is 22.3. The Morgan fingerprint density at radius 2 is 2.16 bits per heavy atom. The summed E-state index contributed by atoms with van der Waals surface area (Å²) in [6.07, 6.45) is 4.30. The minimum absolute atomic E-state index is 0.0564. The van der Waals surface area contributed by atoms with Crippen LogP contribution in [-0.2, 0) is 0 Å². The monoisotopic (exact) mass is 450 g/mol. The number of nitrogens with zero attached hydrogens (tertiary/aromatic N) is 4. The average Bonchev–Trinajstić information content (AvgIpc) is 3.51. The number of fused-ring (bicyclic) bond motifs is 1. The maximum Gasteiger partial charge on any atom is 0.263 e. The Labute approximate surface area is 189 Å². The topological polar surface area (TPSA) is 112 Å². The summed E-state index contributed by atoms with van der Waals surface area (Å²) in [6.45, 7) is 3.81. The van der Waals surface area contributed by atoms with E-state index in [2.05, 4.69) is 27.4 Å². The maximum atomic E-state index is 13.5. The third-order valence-electron chi connectivity index (χ3n) is 5.77. The van der Waals surface area contributed by atoms with Crippen LogP contribution in [0.5, 0.6) is 0 Å². The molecule has 0 unspecified atom stereocenters. The molecule has 9 heteroatoms. The van der Waals surface area contributed by atoms with Crippen molar-refractivity contribution in [3.8, 4) is 11.5 Å². The number of rotatable bonds is 6. The molecule has 1 atom stereocenters. The van der Waals surface area contributed by atoms with E-state index in [0.717, 1.165) is 30.3 Å². The highest BCUT2D eigenvalue weighted by molar-refractivity contribution is 6.35. The average molecular weight is 451 g/mol. The Balaban J connectivity index is 1.64. The second-order valence-corrected chi connectivity index (χ2v) is 8.46. The van der Waals surface area contributed by atoms with Crippen LogP contribution in [-0.4, -0.2) is 19.7 Å². The fraction of sp³-hybridized carbons (Fsp3) is 0.304. The molecule has 0 spiro atoms. The first-order valence-corrected chi connectivity index (χ1v) is 11.0. The van der Waals surface area contributed by atoms with Crippen LogP contribution < -0.4 is 16.6 Å². The number of hydrogen-bond acceptors (Lipinski definition) is 7. The molecule has 3 heterocycles. The van der Waals surface area contributed by atoms with E-state index >= 15 is 0 Å². The molecule has 1 saturated carbocycles. The van der Waals surface area contributed by atoms with Crippen molar-refractivity contribution in [1.29, 1.82) is 0 Å². The minimum Gasteiger partial charge on any atom is -0.398 e. The number of hydrogen-bond donors (Lipinski definition) is 2. The van der Waals surface area contributed by atoms with Gasteiger partial charge in [0.05, 0.1) is 16.5 Å². The lowest BCUT2D eigenvalue weighted by atomic mass is 10.0. The summed E-state index contributed by atoms with van der Waals surface area (Å²) in [5.41, 5.74) is 8.11. The Morgan fingerprint density at radius 3 is 2.84 bits per heavy atom. The van der Waals surface area contributed by atoms with E-state index in [4.69, 9.17) is 21.9 Å². The number of pyridine rings is 2. The van der Waals surface area contributed by atoms with Gasteiger partial charge in [-0.25, -0.2) is 4.98 Å². The van der Waals surface area contributed by atoms with Crippen molar-refractivity contribution in [2.24, 2.45) is 0 Å². The molecule has 0 aliphatic heterocycles. The molecule has 164 valence electrons. The van der Waals surface area contributed by atoms with Crippen LogP contribution in [0.25, 0.3) is 22.2 Å². The molecule has 32 heavy (non-hydrogen) atoms. The van der Waals surface area contributed by atoms with Crippen LogP contribution in [0.2, 0.25) is 5.02 Å². The molecule has 8 nitrogen and oxygen atoms in total. The Bertz CT molecular complexity index is 1370. The van der Waals surface area contributed by atoms with Gasteiger partial charge in [0.15, 0.2) is 5.82 Å². The standard InChI is InChI=1S/C23H23ClN6O2/c1-3-17(28-21-20(16(25)9-10-26-21)22-27-12(2)29-32-22)18-11-13-5-4-6-15(24)19(13)23(31)30(18)14-7-8-14/h4-6,9-11,14,17H,3,7-8H2,1-2H3,(H3,25,26,28)/t17-/m0/s1. The van der Waals surface area contributed by atoms with Crippen LogP contribution in [0.3, 0.4) is 0 Å². The van der Waals surface area contributed by atoms with Crippen LogP contribution in [0.15, 0.2) is 45.8 Å². The van der Waals surface area contributed by atoms with Gasteiger partial charge >= 0.3 is 0 Å². The van der Waals surface area contributed by atoms with Crippen LogP contribution >= 0.6 is 11.6 Å². The van der Waals surface area contributed by atoms with Crippen LogP contribution in [0.4, 0.5) is 11.5 Å². The molecule has 4 aromatic rings. The number of nitrogen functional groups attached to an aromatic ring is 1. The van der Waals surface area contributed by atoms with Gasteiger partial charge in [-0.2, -0.15) is 4.98 Å². The maximum absolute atomic E-state index is 13.5. The quantitative estimate of drug-likeness (QED) is 0.430. The van der Waals surface area contributed by atoms with Gasteiger partial charge in [0, 0.05) is 23.6 Å². The summed E-state index contributed by atoms with van der Waals surface area (Å²) >= 11 is 6.39. The smallest absolute Gasteiger partial charge is 0.263 e. The van der Waals surface area contributed by atoms with Crippen LogP contribution in [0, 0.1) is 6.92 Å². The molecule has 0 radical (unpaired) electrons. The molecular formula is C23H23ClN6O2. The molecule has 0 bridgehead atoms. The van der Waals surface area contributed by atoms with E-state index in [-0.39, 0.29) is 17.6 Å². The van der Waals surface area contributed by atoms with Crippen LogP contribution in [0.1, 0.15) is 49.8 Å². The largest absolute Gasteiger partial charge is 0.398 e. The van der Waals surface area contributed by atoms with Crippen molar-refractivity contribution in [2.75, 3.05) is 11.1 Å². The number of benzene rings is 1. The lowest BCUT2D eigenvalue weighted by Crippen LogP contribution is -2.27. The molecule has 0 amide bonds. The lowest BCUT2D eigenvalue weighted by Gasteiger charge is -2.24. The zero-order chi connectivity index (χ0) is 22.4. The van der Waals surface area contributed by atoms with Gasteiger partial charge in [0.25, 0.3) is 11.4 Å². The van der Waals surface area contributed by atoms with Crippen molar-refractivity contribution < 1.29 is 4.52 Å². The lowest BCUT2D eigenvalue weighted by molar-refractivity contribution is 0.425. The highest BCUT2D eigenvalue weighted by Crippen LogP contribution is 2.39. The van der Waals surface area contributed by atoms with E-state index in [1.54, 1.807) is 25.3 Å². The van der Waals surface area contributed by atoms with Gasteiger partial charge < -0.3 is 20.1 Å². The van der Waals surface area contributed by atoms with Crippen molar-refractivity contribution in [3.63, 3.8) is 0 Å². The summed E-state index contributed by atoms with van der Waals surface area (Å²) in [6, 6.07) is 9.27. The zero-order valence-electron chi connectivity index (χ0n) is 17.8. The molecule has 3 aromatic heterocycles. The first-order valence-electron chi connectivity index (χ1n) is 10.6. The first-order chi connectivity index (χ1) is 15.5. The number of aromatic nitrogens is 4. The van der Waals surface area contributed by atoms with Gasteiger partial charge in [-0.1, -0.05) is 35.8 Å². The summed E-state index contributed by atoms with van der Waals surface area (Å²) in [5, 5.41) is 9.21. The summed E-state index contributed by atoms with van der Waals surface area (Å²) in [7, 11) is 0. The minimum atomic E-state index is -0.191. The molecular weight excluding hydrogens is 428 g/mol. The number of anilines is 2. The van der Waals surface area contributed by atoms with E-state index in [1.807, 2.05) is 22.8 Å². The second-order valence-electron chi connectivity index (χ2n) is 8.06. The molecule has 1 aromatic carbocycles. The Morgan fingerprint density at radius 1 is 1.34 bits per heavy atom. The van der Waals surface area contributed by atoms with E-state index < -0.39 is 0 Å². The van der Waals surface area contributed by atoms with E-state index in [9.17, 15) is 4.79 Å². The number of aryl methyl sites for hydroxylation is 1. The van der Waals surface area contributed by atoms with Crippen molar-refractivity contribution in [1.82, 2.24) is 19.7 Å². The summed E-state index contributed by atoms with van der Waals surface area (Å²) < 4.78 is 7.25. The summed E-state index contributed by atoms with van der Waals surface area (Å²) in [5.74, 6) is 1.34. The Kier molecular flexibility index (Phi) is 5.09. The highest BCUT2D eigenvalue weighted by Gasteiger charge is 2.31. The number of halogens is 1. The normalized spacial score (nSPS) is 14.6. The SMILES string of the molecule is CC[C@H](Nc1nccc(N)c1-c1nc(C)no1)c1cc2cccc(Cl)c2c(=O)n1C1CC1. The third-order valence-corrected chi connectivity index (χ3v) is 6.09. The second kappa shape index (κ2) is 7.94. The predicted molar refractivity (Wildman–Crippen MR) is 125 cm³/mol.